The van der Waals surface area contributed by atoms with Crippen molar-refractivity contribution in [2.45, 2.75) is 0 Å². The molecule has 0 aliphatic heterocycles. The Morgan fingerprint density at radius 1 is 1.10 bits per heavy atom. The molecule has 0 aliphatic carbocycles. The van der Waals surface area contributed by atoms with Gasteiger partial charge >= 0.3 is 0 Å². The SMILES string of the molecule is O=C(Nc1ccc(Cl)cc1Br)c1c(F)cc(Br)cc1F. The first-order chi connectivity index (χ1) is 9.38. The maximum Gasteiger partial charge on any atom is 0.261 e. The van der Waals surface area contributed by atoms with Crippen molar-refractivity contribution in [1.29, 1.82) is 0 Å². The lowest BCUT2D eigenvalue weighted by Crippen LogP contribution is -2.16. The highest BCUT2D eigenvalue weighted by molar-refractivity contribution is 9.10. The van der Waals surface area contributed by atoms with Crippen molar-refractivity contribution >= 4 is 55.1 Å². The second-order valence-corrected chi connectivity index (χ2v) is 6.03. The molecular weight excluding hydrogens is 419 g/mol. The fourth-order valence-electron chi connectivity index (χ4n) is 1.53. The smallest absolute Gasteiger partial charge is 0.261 e. The van der Waals surface area contributed by atoms with Gasteiger partial charge in [-0.15, -0.1) is 0 Å². The second-order valence-electron chi connectivity index (χ2n) is 3.82. The predicted molar refractivity (Wildman–Crippen MR) is 81.2 cm³/mol. The fraction of sp³-hybridized carbons (Fsp3) is 0. The number of hydrogen-bond acceptors (Lipinski definition) is 1. The molecule has 2 aromatic rings. The van der Waals surface area contributed by atoms with Crippen molar-refractivity contribution in [3.63, 3.8) is 0 Å². The van der Waals surface area contributed by atoms with E-state index in [1.54, 1.807) is 12.1 Å². The molecule has 7 heteroatoms. The van der Waals surface area contributed by atoms with Crippen molar-refractivity contribution in [2.24, 2.45) is 0 Å². The molecule has 20 heavy (non-hydrogen) atoms. The van der Waals surface area contributed by atoms with E-state index in [0.717, 1.165) is 12.1 Å². The summed E-state index contributed by atoms with van der Waals surface area (Å²) in [5, 5.41) is 2.88. The molecule has 0 aromatic heterocycles. The minimum Gasteiger partial charge on any atom is -0.321 e. The summed E-state index contributed by atoms with van der Waals surface area (Å²) in [7, 11) is 0. The molecule has 2 aromatic carbocycles. The fourth-order valence-corrected chi connectivity index (χ4v) is 2.72. The van der Waals surface area contributed by atoms with Crippen LogP contribution in [0.5, 0.6) is 0 Å². The molecule has 104 valence electrons. The zero-order valence-corrected chi connectivity index (χ0v) is 13.6. The first kappa shape index (κ1) is 15.4. The average Bonchev–Trinajstić information content (AvgIpc) is 2.31. The van der Waals surface area contributed by atoms with Gasteiger partial charge in [0.1, 0.15) is 17.2 Å². The van der Waals surface area contributed by atoms with E-state index in [4.69, 9.17) is 11.6 Å². The van der Waals surface area contributed by atoms with E-state index in [0.29, 0.717) is 15.2 Å². The van der Waals surface area contributed by atoms with Crippen LogP contribution in [0.1, 0.15) is 10.4 Å². The van der Waals surface area contributed by atoms with E-state index >= 15 is 0 Å². The molecule has 1 N–H and O–H groups in total. The van der Waals surface area contributed by atoms with Crippen LogP contribution in [-0.4, -0.2) is 5.91 Å². The number of amides is 1. The van der Waals surface area contributed by atoms with Crippen molar-refractivity contribution in [2.75, 3.05) is 5.32 Å². The summed E-state index contributed by atoms with van der Waals surface area (Å²) in [5.74, 6) is -2.77. The van der Waals surface area contributed by atoms with Crippen LogP contribution in [0.2, 0.25) is 5.02 Å². The van der Waals surface area contributed by atoms with Gasteiger partial charge in [0.25, 0.3) is 5.91 Å². The Bertz CT molecular complexity index is 671. The monoisotopic (exact) mass is 423 g/mol. The Morgan fingerprint density at radius 2 is 1.70 bits per heavy atom. The highest BCUT2D eigenvalue weighted by Crippen LogP contribution is 2.27. The van der Waals surface area contributed by atoms with E-state index < -0.39 is 23.1 Å². The first-order valence-corrected chi connectivity index (χ1v) is 7.26. The molecule has 0 unspecified atom stereocenters. The van der Waals surface area contributed by atoms with Gasteiger partial charge in [0.15, 0.2) is 0 Å². The summed E-state index contributed by atoms with van der Waals surface area (Å²) in [5.41, 5.74) is -0.281. The van der Waals surface area contributed by atoms with Crippen molar-refractivity contribution in [3.05, 3.63) is 61.5 Å². The van der Waals surface area contributed by atoms with Crippen LogP contribution >= 0.6 is 43.5 Å². The number of carbonyl (C=O) groups is 1. The van der Waals surface area contributed by atoms with Gasteiger partial charge in [-0.05, 0) is 46.3 Å². The Balaban J connectivity index is 2.33. The number of anilines is 1. The summed E-state index contributed by atoms with van der Waals surface area (Å²) in [6, 6.07) is 6.68. The van der Waals surface area contributed by atoms with Crippen LogP contribution in [0.3, 0.4) is 0 Å². The van der Waals surface area contributed by atoms with E-state index in [1.807, 2.05) is 0 Å². The summed E-state index contributed by atoms with van der Waals surface area (Å²) < 4.78 is 28.1. The molecule has 2 nitrogen and oxygen atoms in total. The lowest BCUT2D eigenvalue weighted by molar-refractivity contribution is 0.101. The molecule has 0 saturated carbocycles. The van der Waals surface area contributed by atoms with Crippen molar-refractivity contribution in [1.82, 2.24) is 0 Å². The molecule has 0 fully saturated rings. The highest BCUT2D eigenvalue weighted by Gasteiger charge is 2.19. The van der Waals surface area contributed by atoms with Gasteiger partial charge in [-0.25, -0.2) is 8.78 Å². The van der Waals surface area contributed by atoms with Crippen LogP contribution in [0.25, 0.3) is 0 Å². The van der Waals surface area contributed by atoms with Crippen LogP contribution < -0.4 is 5.32 Å². The van der Waals surface area contributed by atoms with Crippen molar-refractivity contribution in [3.8, 4) is 0 Å². The van der Waals surface area contributed by atoms with E-state index in [2.05, 4.69) is 37.2 Å². The van der Waals surface area contributed by atoms with Crippen LogP contribution in [0.4, 0.5) is 14.5 Å². The van der Waals surface area contributed by atoms with Gasteiger partial charge in [0.2, 0.25) is 0 Å². The zero-order chi connectivity index (χ0) is 14.9. The van der Waals surface area contributed by atoms with E-state index in [-0.39, 0.29) is 4.47 Å². The van der Waals surface area contributed by atoms with Gasteiger partial charge in [-0.2, -0.15) is 0 Å². The normalized spacial score (nSPS) is 10.4. The molecule has 0 radical (unpaired) electrons. The van der Waals surface area contributed by atoms with E-state index in [1.165, 1.54) is 6.07 Å². The van der Waals surface area contributed by atoms with Crippen molar-refractivity contribution < 1.29 is 13.6 Å². The standard InChI is InChI=1S/C13H6Br2ClF2NO/c14-6-3-9(17)12(10(18)4-6)13(20)19-11-2-1-7(16)5-8(11)15/h1-5H,(H,19,20). The number of benzene rings is 2. The molecule has 0 saturated heterocycles. The number of rotatable bonds is 2. The predicted octanol–water partition coefficient (Wildman–Crippen LogP) is 5.40. The van der Waals surface area contributed by atoms with Crippen LogP contribution in [-0.2, 0) is 0 Å². The number of nitrogens with one attached hydrogen (secondary N) is 1. The molecule has 1 amide bonds. The topological polar surface area (TPSA) is 29.1 Å². The minimum absolute atomic E-state index is 0.219. The van der Waals surface area contributed by atoms with Crippen LogP contribution in [0.15, 0.2) is 39.3 Å². The van der Waals surface area contributed by atoms with Gasteiger partial charge in [-0.3, -0.25) is 4.79 Å². The molecule has 0 aliphatic rings. The van der Waals surface area contributed by atoms with Gasteiger partial charge in [0, 0.05) is 14.0 Å². The summed E-state index contributed by atoms with van der Waals surface area (Å²) in [6.45, 7) is 0. The lowest BCUT2D eigenvalue weighted by atomic mass is 10.2. The average molecular weight is 425 g/mol. The molecule has 2 rings (SSSR count). The Kier molecular flexibility index (Phi) is 4.78. The first-order valence-electron chi connectivity index (χ1n) is 5.29. The zero-order valence-electron chi connectivity index (χ0n) is 9.68. The number of carbonyl (C=O) groups excluding carboxylic acids is 1. The summed E-state index contributed by atoms with van der Waals surface area (Å²) in [6.07, 6.45) is 0. The molecular formula is C13H6Br2ClF2NO. The quantitative estimate of drug-likeness (QED) is 0.686. The third-order valence-electron chi connectivity index (χ3n) is 2.41. The Labute approximate surface area is 135 Å². The maximum absolute atomic E-state index is 13.7. The van der Waals surface area contributed by atoms with Gasteiger partial charge in [0.05, 0.1) is 5.69 Å². The summed E-state index contributed by atoms with van der Waals surface area (Å²) >= 11 is 11.9. The molecule has 0 bridgehead atoms. The molecule has 0 spiro atoms. The number of halogens is 5. The minimum atomic E-state index is -0.945. The van der Waals surface area contributed by atoms with E-state index in [9.17, 15) is 13.6 Å². The third kappa shape index (κ3) is 3.37. The number of hydrogen-bond donors (Lipinski definition) is 1. The second kappa shape index (κ2) is 6.20. The van der Waals surface area contributed by atoms with Gasteiger partial charge in [-0.1, -0.05) is 27.5 Å². The molecule has 0 atom stereocenters. The third-order valence-corrected chi connectivity index (χ3v) is 3.76. The Hall–Kier alpha value is -0.980. The molecule has 0 heterocycles. The van der Waals surface area contributed by atoms with Gasteiger partial charge < -0.3 is 5.32 Å². The maximum atomic E-state index is 13.7. The highest BCUT2D eigenvalue weighted by atomic mass is 79.9. The largest absolute Gasteiger partial charge is 0.321 e. The lowest BCUT2D eigenvalue weighted by Gasteiger charge is -2.09. The van der Waals surface area contributed by atoms with Crippen LogP contribution in [0, 0.1) is 11.6 Å². The Morgan fingerprint density at radius 3 is 2.25 bits per heavy atom. The summed E-state index contributed by atoms with van der Waals surface area (Å²) in [4.78, 5) is 11.9.